The van der Waals surface area contributed by atoms with Gasteiger partial charge >= 0.3 is 5.97 Å². The van der Waals surface area contributed by atoms with E-state index in [0.717, 1.165) is 39.3 Å². The van der Waals surface area contributed by atoms with E-state index in [-0.39, 0.29) is 12.5 Å². The van der Waals surface area contributed by atoms with Crippen LogP contribution < -0.4 is 10.6 Å². The molecule has 0 spiro atoms. The van der Waals surface area contributed by atoms with E-state index >= 15 is 0 Å². The number of carbonyl (C=O) groups excluding carboxylic acids is 3. The van der Waals surface area contributed by atoms with E-state index in [1.165, 1.54) is 0 Å². The number of anilines is 1. The van der Waals surface area contributed by atoms with E-state index in [4.69, 9.17) is 16.3 Å². The van der Waals surface area contributed by atoms with Gasteiger partial charge in [0.05, 0.1) is 12.2 Å². The first kappa shape index (κ1) is 24.4. The fourth-order valence-corrected chi connectivity index (χ4v) is 4.46. The Bertz CT molecular complexity index is 1200. The zero-order valence-corrected chi connectivity index (χ0v) is 20.3. The minimum atomic E-state index is -0.649. The molecular weight excluding hydrogens is 462 g/mol. The van der Waals surface area contributed by atoms with Gasteiger partial charge in [0.1, 0.15) is 9.88 Å². The predicted molar refractivity (Wildman–Crippen MR) is 130 cm³/mol. The van der Waals surface area contributed by atoms with Crippen molar-refractivity contribution in [1.29, 1.82) is 0 Å². The summed E-state index contributed by atoms with van der Waals surface area (Å²) in [5, 5.41) is 6.46. The summed E-state index contributed by atoms with van der Waals surface area (Å²) >= 11 is 7.18. The second kappa shape index (κ2) is 10.6. The first-order valence-electron chi connectivity index (χ1n) is 10.2. The molecule has 7 nitrogen and oxygen atoms in total. The van der Waals surface area contributed by atoms with Crippen LogP contribution in [0.5, 0.6) is 0 Å². The van der Waals surface area contributed by atoms with Crippen molar-refractivity contribution in [2.75, 3.05) is 18.5 Å². The number of ether oxygens (including phenoxy) is 1. The number of nitrogens with zero attached hydrogens (tertiary/aromatic N) is 1. The molecule has 0 saturated heterocycles. The molecule has 0 saturated carbocycles. The molecule has 0 aliphatic rings. The summed E-state index contributed by atoms with van der Waals surface area (Å²) in [4.78, 5) is 41.4. The molecular formula is C24H24ClN3O4S. The highest BCUT2D eigenvalue weighted by Gasteiger charge is 2.19. The van der Waals surface area contributed by atoms with E-state index in [1.54, 1.807) is 25.1 Å². The molecule has 9 heteroatoms. The number of rotatable bonds is 7. The van der Waals surface area contributed by atoms with Crippen molar-refractivity contribution < 1.29 is 19.1 Å². The predicted octanol–water partition coefficient (Wildman–Crippen LogP) is 4.61. The maximum Gasteiger partial charge on any atom is 0.350 e. The summed E-state index contributed by atoms with van der Waals surface area (Å²) < 4.78 is 5.11. The lowest BCUT2D eigenvalue weighted by atomic mass is 10.1. The Labute approximate surface area is 201 Å². The van der Waals surface area contributed by atoms with Crippen molar-refractivity contribution in [3.63, 3.8) is 0 Å². The average molecular weight is 486 g/mol. The first-order valence-corrected chi connectivity index (χ1v) is 11.4. The van der Waals surface area contributed by atoms with Gasteiger partial charge in [-0.3, -0.25) is 9.59 Å². The van der Waals surface area contributed by atoms with Crippen molar-refractivity contribution in [2.45, 2.75) is 27.7 Å². The van der Waals surface area contributed by atoms with E-state index in [9.17, 15) is 14.4 Å². The summed E-state index contributed by atoms with van der Waals surface area (Å²) in [6, 6.07) is 11.1. The Hall–Kier alpha value is -3.23. The van der Waals surface area contributed by atoms with Crippen LogP contribution in [0.1, 0.15) is 32.1 Å². The van der Waals surface area contributed by atoms with Gasteiger partial charge in [0.25, 0.3) is 5.91 Å². The van der Waals surface area contributed by atoms with Crippen LogP contribution in [0.3, 0.4) is 0 Å². The van der Waals surface area contributed by atoms with Gasteiger partial charge in [0.2, 0.25) is 5.91 Å². The number of benzene rings is 2. The Morgan fingerprint density at radius 2 is 1.73 bits per heavy atom. The summed E-state index contributed by atoms with van der Waals surface area (Å²) in [5.41, 5.74) is 5.01. The smallest absolute Gasteiger partial charge is 0.350 e. The highest BCUT2D eigenvalue weighted by Crippen LogP contribution is 2.30. The monoisotopic (exact) mass is 485 g/mol. The normalized spacial score (nSPS) is 10.6. The average Bonchev–Trinajstić information content (AvgIpc) is 3.15. The number of aromatic nitrogens is 1. The topological polar surface area (TPSA) is 97.4 Å². The third-order valence-electron chi connectivity index (χ3n) is 4.78. The number of aryl methyl sites for hydroxylation is 4. The lowest BCUT2D eigenvalue weighted by Crippen LogP contribution is -2.35. The van der Waals surface area contributed by atoms with Crippen LogP contribution in [0.2, 0.25) is 5.02 Å². The molecule has 1 aromatic heterocycles. The highest BCUT2D eigenvalue weighted by atomic mass is 35.5. The molecule has 33 heavy (non-hydrogen) atoms. The van der Waals surface area contributed by atoms with Gasteiger partial charge in [-0.25, -0.2) is 9.78 Å². The quantitative estimate of drug-likeness (QED) is 0.476. The number of hydrogen-bond donors (Lipinski definition) is 2. The van der Waals surface area contributed by atoms with Crippen molar-refractivity contribution in [3.8, 4) is 10.6 Å². The number of nitrogens with one attached hydrogen (secondary N) is 2. The molecule has 172 valence electrons. The highest BCUT2D eigenvalue weighted by molar-refractivity contribution is 7.17. The Morgan fingerprint density at radius 3 is 2.39 bits per heavy atom. The van der Waals surface area contributed by atoms with Gasteiger partial charge in [0.15, 0.2) is 6.61 Å². The number of hydrogen-bond acceptors (Lipinski definition) is 6. The third kappa shape index (κ3) is 6.40. The van der Waals surface area contributed by atoms with Gasteiger partial charge in [-0.15, -0.1) is 11.3 Å². The van der Waals surface area contributed by atoms with Crippen LogP contribution >= 0.6 is 22.9 Å². The molecule has 0 fully saturated rings. The molecule has 3 rings (SSSR count). The van der Waals surface area contributed by atoms with Gasteiger partial charge in [-0.05, 0) is 51.0 Å². The lowest BCUT2D eigenvalue weighted by molar-refractivity contribution is -0.126. The molecule has 0 radical (unpaired) electrons. The zero-order valence-electron chi connectivity index (χ0n) is 18.7. The molecule has 0 unspecified atom stereocenters. The molecule has 0 aliphatic heterocycles. The van der Waals surface area contributed by atoms with Crippen molar-refractivity contribution in [2.24, 2.45) is 0 Å². The molecule has 1 heterocycles. The number of esters is 1. The molecule has 2 aromatic carbocycles. The fourth-order valence-electron chi connectivity index (χ4n) is 3.32. The molecule has 2 N–H and O–H groups in total. The third-order valence-corrected chi connectivity index (χ3v) is 6.20. The van der Waals surface area contributed by atoms with Crippen LogP contribution in [0, 0.1) is 27.7 Å². The Morgan fingerprint density at radius 1 is 1.03 bits per heavy atom. The maximum absolute atomic E-state index is 12.4. The number of amides is 2. The molecule has 0 atom stereocenters. The lowest BCUT2D eigenvalue weighted by Gasteiger charge is -2.13. The number of thiazole rings is 1. The Kier molecular flexibility index (Phi) is 7.84. The minimum absolute atomic E-state index is 0.234. The minimum Gasteiger partial charge on any atom is -0.451 e. The molecule has 0 bridgehead atoms. The summed E-state index contributed by atoms with van der Waals surface area (Å²) in [5.74, 6) is -1.59. The molecule has 2 amide bonds. The van der Waals surface area contributed by atoms with Crippen LogP contribution in [-0.4, -0.2) is 35.9 Å². The van der Waals surface area contributed by atoms with E-state index in [1.807, 2.05) is 39.0 Å². The SMILES string of the molecule is Cc1cc(C)c(NC(=O)CNC(=O)COC(=O)c2sc(-c3cccc(Cl)c3)nc2C)c(C)c1. The maximum atomic E-state index is 12.4. The van der Waals surface area contributed by atoms with Crippen LogP contribution in [0.4, 0.5) is 5.69 Å². The van der Waals surface area contributed by atoms with E-state index < -0.39 is 18.5 Å². The fraction of sp³-hybridized carbons (Fsp3) is 0.250. The first-order chi connectivity index (χ1) is 15.6. The number of carbonyl (C=O) groups is 3. The van der Waals surface area contributed by atoms with E-state index in [2.05, 4.69) is 15.6 Å². The number of halogens is 1. The summed E-state index contributed by atoms with van der Waals surface area (Å²) in [6.45, 7) is 6.76. The largest absolute Gasteiger partial charge is 0.451 e. The Balaban J connectivity index is 1.51. The van der Waals surface area contributed by atoms with Crippen molar-refractivity contribution >= 4 is 46.4 Å². The zero-order chi connectivity index (χ0) is 24.1. The van der Waals surface area contributed by atoms with Crippen molar-refractivity contribution in [3.05, 3.63) is 68.7 Å². The standard InChI is InChI=1S/C24H24ClN3O4S/c1-13-8-14(2)21(15(3)9-13)28-19(29)11-26-20(30)12-32-24(31)22-16(4)27-23(33-22)17-6-5-7-18(25)10-17/h5-10H,11-12H2,1-4H3,(H,26,30)(H,28,29). The second-order valence-electron chi connectivity index (χ2n) is 7.62. The summed E-state index contributed by atoms with van der Waals surface area (Å²) in [7, 11) is 0. The van der Waals surface area contributed by atoms with Crippen LogP contribution in [0.15, 0.2) is 36.4 Å². The van der Waals surface area contributed by atoms with Gasteiger partial charge in [0, 0.05) is 16.3 Å². The van der Waals surface area contributed by atoms with Gasteiger partial charge in [-0.2, -0.15) is 0 Å². The van der Waals surface area contributed by atoms with Gasteiger partial charge in [-0.1, -0.05) is 41.4 Å². The molecule has 3 aromatic rings. The van der Waals surface area contributed by atoms with E-state index in [0.29, 0.717) is 20.6 Å². The summed E-state index contributed by atoms with van der Waals surface area (Å²) in [6.07, 6.45) is 0. The van der Waals surface area contributed by atoms with Crippen LogP contribution in [0.25, 0.3) is 10.6 Å². The second-order valence-corrected chi connectivity index (χ2v) is 9.05. The van der Waals surface area contributed by atoms with Gasteiger partial charge < -0.3 is 15.4 Å². The van der Waals surface area contributed by atoms with Crippen molar-refractivity contribution in [1.82, 2.24) is 10.3 Å². The van der Waals surface area contributed by atoms with Crippen LogP contribution in [-0.2, 0) is 14.3 Å². The molecule has 0 aliphatic carbocycles.